The molecule has 2 N–H and O–H groups in total. The number of esters is 1. The molecule has 4 aliphatic rings. The Morgan fingerprint density at radius 2 is 1.53 bits per heavy atom. The first kappa shape index (κ1) is 62.3. The van der Waals surface area contributed by atoms with Gasteiger partial charge in [0.25, 0.3) is 11.7 Å². The molecule has 0 radical (unpaired) electrons. The number of nitrogens with zero attached hydrogens (tertiary/aromatic N) is 1. The van der Waals surface area contributed by atoms with E-state index in [1.54, 1.807) is 61.8 Å². The summed E-state index contributed by atoms with van der Waals surface area (Å²) < 4.78 is 59.9. The van der Waals surface area contributed by atoms with E-state index >= 15 is 0 Å². The van der Waals surface area contributed by atoms with Crippen molar-refractivity contribution in [1.29, 1.82) is 0 Å². The Balaban J connectivity index is 1.70. The highest BCUT2D eigenvalue weighted by Crippen LogP contribution is 2.53. The number of ether oxygens (including phenoxy) is 5. The number of Topliss-reactive ketones (excluding diaryl/α,β-unsaturated/α-hetero) is 3. The lowest BCUT2D eigenvalue weighted by molar-refractivity contribution is -0.265. The molecule has 1 amide bonds. The van der Waals surface area contributed by atoms with Crippen molar-refractivity contribution in [1.82, 2.24) is 4.90 Å². The molecule has 1 aliphatic carbocycles. The van der Waals surface area contributed by atoms with Crippen molar-refractivity contribution in [2.24, 2.45) is 35.5 Å². The molecule has 17 nitrogen and oxygen atoms in total. The summed E-state index contributed by atoms with van der Waals surface area (Å²) in [4.78, 5) is 72.5. The number of amides is 1. The number of rotatable bonds is 12. The highest BCUT2D eigenvalue weighted by atomic mass is 31.2. The third-order valence-electron chi connectivity index (χ3n) is 15.3. The van der Waals surface area contributed by atoms with E-state index < -0.39 is 104 Å². The molecule has 3 aliphatic heterocycles. The van der Waals surface area contributed by atoms with Crippen LogP contribution in [0.1, 0.15) is 139 Å². The number of piperidine rings is 1. The van der Waals surface area contributed by atoms with Gasteiger partial charge in [0.15, 0.2) is 5.78 Å². The molecule has 1 saturated carbocycles. The number of carbonyl (C=O) groups is 5. The molecule has 0 spiro atoms. The van der Waals surface area contributed by atoms with E-state index in [9.17, 15) is 38.8 Å². The van der Waals surface area contributed by atoms with Gasteiger partial charge in [-0.2, -0.15) is 0 Å². The number of carbonyl (C=O) groups excluding carboxylic acids is 5. The largest absolute Gasteiger partial charge is 0.475 e. The van der Waals surface area contributed by atoms with Crippen molar-refractivity contribution in [3.8, 4) is 0 Å². The number of cyclic esters (lactones) is 1. The normalized spacial score (nSPS) is 37.5. The quantitative estimate of drug-likeness (QED) is 0.0811. The fourth-order valence-electron chi connectivity index (χ4n) is 10.8. The zero-order valence-electron chi connectivity index (χ0n) is 45.7. The van der Waals surface area contributed by atoms with Crippen LogP contribution in [0.4, 0.5) is 0 Å². The van der Waals surface area contributed by atoms with Gasteiger partial charge in [0.2, 0.25) is 5.79 Å². The minimum absolute atomic E-state index is 0.00167. The van der Waals surface area contributed by atoms with Crippen molar-refractivity contribution >= 4 is 37.0 Å². The van der Waals surface area contributed by atoms with Crippen LogP contribution < -0.4 is 0 Å². The molecule has 414 valence electrons. The molecule has 2 saturated heterocycles. The first-order chi connectivity index (χ1) is 34.6. The Kier molecular flexibility index (Phi) is 25.0. The van der Waals surface area contributed by atoms with E-state index in [0.717, 1.165) is 5.57 Å². The lowest BCUT2D eigenvalue weighted by Crippen LogP contribution is -2.61. The zero-order chi connectivity index (χ0) is 54.2. The number of aliphatic hydroxyl groups is 2. The van der Waals surface area contributed by atoms with E-state index in [0.29, 0.717) is 69.8 Å². The Hall–Kier alpha value is -3.22. The number of allylic oxidation sites excluding steroid dienone is 6. The third kappa shape index (κ3) is 17.1. The molecule has 2 bridgehead atoms. The van der Waals surface area contributed by atoms with Crippen molar-refractivity contribution in [3.63, 3.8) is 0 Å². The minimum Gasteiger partial charge on any atom is -0.460 e. The molecule has 0 aromatic rings. The Bertz CT molecular complexity index is 2010. The second-order valence-corrected chi connectivity index (χ2v) is 22.6. The molecule has 3 heterocycles. The lowest BCUT2D eigenvalue weighted by atomic mass is 9.78. The molecule has 0 aromatic carbocycles. The predicted molar refractivity (Wildman–Crippen MR) is 275 cm³/mol. The number of phosphoric ester groups is 1. The summed E-state index contributed by atoms with van der Waals surface area (Å²) >= 11 is 0. The maximum Gasteiger partial charge on any atom is 0.475 e. The van der Waals surface area contributed by atoms with Gasteiger partial charge < -0.3 is 38.8 Å². The predicted octanol–water partition coefficient (Wildman–Crippen LogP) is 8.39. The van der Waals surface area contributed by atoms with Crippen molar-refractivity contribution < 1.29 is 76.0 Å². The summed E-state index contributed by atoms with van der Waals surface area (Å²) in [5, 5.41) is 23.5. The second kappa shape index (κ2) is 29.3. The molecule has 2 unspecified atom stereocenters. The van der Waals surface area contributed by atoms with Gasteiger partial charge in [-0.3, -0.25) is 32.7 Å². The van der Waals surface area contributed by atoms with Crippen LogP contribution in [-0.2, 0) is 65.8 Å². The van der Waals surface area contributed by atoms with Gasteiger partial charge in [0.1, 0.15) is 30.1 Å². The fraction of sp³-hybridized carbons (Fsp3) is 0.764. The standard InChI is InChI=1S/C55H88NO16P/c1-13-68-73(64,69-14-2)72-45-26-24-41(31-48(45)66-11)30-37(6)47-33-44(57)36(5)29-39(8)50(59)51(67-12)49(58)38(7)28-34(3)20-16-15-17-21-35(4)46(65-10)32-42-25-23-40(9)55(63,71-42)52(60)53(61)56-27-19-18-22-43(56)54(62)70-47/h15-17,20-21,29,34,36-38,40-43,45-48,50-51,59,63H,13-14,18-19,22-28,30-33H2,1-12H3/b17-15+,20-16+,35-21+,39-29+/t34-,36-,37-,38-,40-,41+,42+,43?,45-,46+,47+,48-,50-,51+,55?/m1/s1. The van der Waals surface area contributed by atoms with Gasteiger partial charge in [-0.15, -0.1) is 0 Å². The molecular weight excluding hydrogens is 962 g/mol. The van der Waals surface area contributed by atoms with Crippen LogP contribution in [0.15, 0.2) is 47.6 Å². The van der Waals surface area contributed by atoms with Gasteiger partial charge in [-0.1, -0.05) is 71.1 Å². The highest BCUT2D eigenvalue weighted by Gasteiger charge is 2.53. The smallest absolute Gasteiger partial charge is 0.460 e. The zero-order valence-corrected chi connectivity index (χ0v) is 46.6. The molecule has 0 aromatic heterocycles. The molecule has 15 atom stereocenters. The summed E-state index contributed by atoms with van der Waals surface area (Å²) in [6.07, 6.45) is 10.3. The summed E-state index contributed by atoms with van der Waals surface area (Å²) in [6.45, 7) is 16.3. The SMILES string of the molecule is CCOP(=O)(OCC)O[C@@H]1CC[C@@H](C[C@@H](C)[C@@H]2CC(=O)[C@H](C)/C=C(\C)[C@@H](O)[C@@H](OC)C(=O)[C@H](C)C[C@H](C)/C=C/C=C/C=C(\C)[C@@H](OC)C[C@@H]3CC[C@@H](C)C(O)(O3)C(=O)C(=O)N3CCCCC3C(=O)O2)C[C@H]1OC. The van der Waals surface area contributed by atoms with Crippen LogP contribution in [0.2, 0.25) is 0 Å². The average Bonchev–Trinajstić information content (AvgIpc) is 3.35. The van der Waals surface area contributed by atoms with Crippen LogP contribution in [0, 0.1) is 35.5 Å². The van der Waals surface area contributed by atoms with Crippen molar-refractivity contribution in [2.45, 2.75) is 194 Å². The Labute approximate surface area is 434 Å². The average molecular weight is 1050 g/mol. The number of hydrogen-bond donors (Lipinski definition) is 2. The maximum absolute atomic E-state index is 14.6. The van der Waals surface area contributed by atoms with Gasteiger partial charge in [0, 0.05) is 58.5 Å². The van der Waals surface area contributed by atoms with Gasteiger partial charge in [-0.05, 0) is 121 Å². The summed E-state index contributed by atoms with van der Waals surface area (Å²) in [7, 11) is 0.650. The highest BCUT2D eigenvalue weighted by molar-refractivity contribution is 7.48. The number of phosphoric acid groups is 1. The van der Waals surface area contributed by atoms with Gasteiger partial charge in [-0.25, -0.2) is 9.36 Å². The van der Waals surface area contributed by atoms with Crippen molar-refractivity contribution in [3.05, 3.63) is 47.6 Å². The van der Waals surface area contributed by atoms with Crippen LogP contribution in [-0.4, -0.2) is 140 Å². The molecular formula is C55H88NO16P. The summed E-state index contributed by atoms with van der Waals surface area (Å²) in [5.74, 6) is -8.40. The monoisotopic (exact) mass is 1050 g/mol. The van der Waals surface area contributed by atoms with Gasteiger partial charge in [0.05, 0.1) is 37.6 Å². The number of methoxy groups -OCH3 is 3. The summed E-state index contributed by atoms with van der Waals surface area (Å²) in [6, 6.07) is -1.18. The van der Waals surface area contributed by atoms with E-state index in [1.807, 2.05) is 51.2 Å². The molecule has 18 heteroatoms. The number of ketones is 3. The lowest BCUT2D eigenvalue weighted by Gasteiger charge is -2.42. The first-order valence-corrected chi connectivity index (χ1v) is 28.1. The van der Waals surface area contributed by atoms with E-state index in [2.05, 4.69) is 0 Å². The maximum atomic E-state index is 14.6. The summed E-state index contributed by atoms with van der Waals surface area (Å²) in [5.41, 5.74) is 1.23. The fourth-order valence-corrected chi connectivity index (χ4v) is 12.2. The molecule has 73 heavy (non-hydrogen) atoms. The number of aliphatic hydroxyl groups excluding tert-OH is 1. The number of fused-ring (bicyclic) bond motifs is 3. The molecule has 3 fully saturated rings. The van der Waals surface area contributed by atoms with E-state index in [4.69, 9.17) is 37.3 Å². The van der Waals surface area contributed by atoms with E-state index in [1.165, 1.54) is 12.0 Å². The van der Waals surface area contributed by atoms with Crippen molar-refractivity contribution in [2.75, 3.05) is 41.1 Å². The number of hydrogen-bond acceptors (Lipinski definition) is 16. The van der Waals surface area contributed by atoms with Gasteiger partial charge >= 0.3 is 13.8 Å². The third-order valence-corrected chi connectivity index (χ3v) is 17.0. The minimum atomic E-state index is -3.84. The molecule has 4 rings (SSSR count). The van der Waals surface area contributed by atoms with Crippen LogP contribution in [0.5, 0.6) is 0 Å². The Morgan fingerprint density at radius 1 is 0.836 bits per heavy atom. The Morgan fingerprint density at radius 3 is 2.18 bits per heavy atom. The van der Waals surface area contributed by atoms with Crippen LogP contribution in [0.3, 0.4) is 0 Å². The topological polar surface area (TPSA) is 220 Å². The van der Waals surface area contributed by atoms with Crippen LogP contribution in [0.25, 0.3) is 0 Å². The van der Waals surface area contributed by atoms with E-state index in [-0.39, 0.29) is 56.0 Å². The second-order valence-electron chi connectivity index (χ2n) is 20.9. The first-order valence-electron chi connectivity index (χ1n) is 26.6. The van der Waals surface area contributed by atoms with Crippen LogP contribution >= 0.6 is 7.82 Å².